The first-order valence-corrected chi connectivity index (χ1v) is 10.5. The van der Waals surface area contributed by atoms with Gasteiger partial charge in [0.2, 0.25) is 0 Å². The average molecular weight is 418 g/mol. The van der Waals surface area contributed by atoms with Gasteiger partial charge in [-0.05, 0) is 30.2 Å². The summed E-state index contributed by atoms with van der Waals surface area (Å²) in [5.41, 5.74) is 2.55. The van der Waals surface area contributed by atoms with Gasteiger partial charge in [-0.25, -0.2) is 4.98 Å². The number of pyridine rings is 2. The molecule has 0 saturated carbocycles. The molecule has 0 unspecified atom stereocenters. The number of nitrogens with zero attached hydrogens (tertiary/aromatic N) is 3. The van der Waals surface area contributed by atoms with Crippen LogP contribution in [0.5, 0.6) is 0 Å². The Balaban J connectivity index is 1.62. The highest BCUT2D eigenvalue weighted by molar-refractivity contribution is 6.06. The topological polar surface area (TPSA) is 84.4 Å². The summed E-state index contributed by atoms with van der Waals surface area (Å²) in [6.45, 7) is 6.00. The van der Waals surface area contributed by atoms with Gasteiger partial charge in [0.05, 0.1) is 29.9 Å². The van der Waals surface area contributed by atoms with Gasteiger partial charge in [0, 0.05) is 36.4 Å². The predicted octanol–water partition coefficient (Wildman–Crippen LogP) is 3.23. The molecule has 1 atom stereocenters. The lowest BCUT2D eigenvalue weighted by atomic mass is 10.0. The fraction of sp³-hybridized carbons (Fsp3) is 0.333. The Morgan fingerprint density at radius 2 is 1.97 bits per heavy atom. The first kappa shape index (κ1) is 20.9. The third-order valence-electron chi connectivity index (χ3n) is 5.26. The lowest BCUT2D eigenvalue weighted by Crippen LogP contribution is -2.42. The van der Waals surface area contributed by atoms with Gasteiger partial charge in [0.15, 0.2) is 0 Å². The van der Waals surface area contributed by atoms with E-state index in [9.17, 15) is 9.59 Å². The van der Waals surface area contributed by atoms with Gasteiger partial charge in [-0.3, -0.25) is 14.6 Å². The zero-order valence-corrected chi connectivity index (χ0v) is 17.7. The average Bonchev–Trinajstić information content (AvgIpc) is 2.82. The summed E-state index contributed by atoms with van der Waals surface area (Å²) >= 11 is 0. The first-order valence-electron chi connectivity index (χ1n) is 10.5. The lowest BCUT2D eigenvalue weighted by Gasteiger charge is -2.33. The maximum absolute atomic E-state index is 12.9. The molecule has 1 fully saturated rings. The molecule has 7 nitrogen and oxygen atoms in total. The van der Waals surface area contributed by atoms with Crippen LogP contribution in [-0.2, 0) is 4.74 Å². The predicted molar refractivity (Wildman–Crippen MR) is 118 cm³/mol. The zero-order valence-electron chi connectivity index (χ0n) is 17.7. The van der Waals surface area contributed by atoms with Gasteiger partial charge >= 0.3 is 0 Å². The number of carbonyl (C=O) groups is 2. The molecule has 1 aromatic carbocycles. The van der Waals surface area contributed by atoms with Gasteiger partial charge in [-0.1, -0.05) is 32.0 Å². The van der Waals surface area contributed by atoms with Crippen molar-refractivity contribution in [2.45, 2.75) is 20.0 Å². The number of rotatable bonds is 5. The second-order valence-electron chi connectivity index (χ2n) is 8.06. The van der Waals surface area contributed by atoms with E-state index in [1.807, 2.05) is 24.3 Å². The molecule has 0 spiro atoms. The molecule has 1 saturated heterocycles. The minimum atomic E-state index is -0.402. The number of morpholine rings is 1. The van der Waals surface area contributed by atoms with E-state index < -0.39 is 6.10 Å². The summed E-state index contributed by atoms with van der Waals surface area (Å²) in [5, 5.41) is 3.79. The molecular weight excluding hydrogens is 392 g/mol. The van der Waals surface area contributed by atoms with Crippen LogP contribution in [0.4, 0.5) is 0 Å². The zero-order chi connectivity index (χ0) is 21.8. The smallest absolute Gasteiger partial charge is 0.254 e. The Morgan fingerprint density at radius 3 is 2.74 bits per heavy atom. The fourth-order valence-electron chi connectivity index (χ4n) is 3.63. The number of benzene rings is 1. The van der Waals surface area contributed by atoms with Crippen LogP contribution in [0.2, 0.25) is 0 Å². The minimum absolute atomic E-state index is 0.0635. The summed E-state index contributed by atoms with van der Waals surface area (Å²) < 4.78 is 5.96. The molecule has 3 heterocycles. The summed E-state index contributed by atoms with van der Waals surface area (Å²) in [6.07, 6.45) is 2.82. The molecule has 2 amide bonds. The minimum Gasteiger partial charge on any atom is -0.368 e. The molecule has 3 aromatic rings. The van der Waals surface area contributed by atoms with Crippen molar-refractivity contribution >= 4 is 22.7 Å². The Bertz CT molecular complexity index is 1080. The highest BCUT2D eigenvalue weighted by Crippen LogP contribution is 2.26. The number of aromatic nitrogens is 2. The van der Waals surface area contributed by atoms with Gasteiger partial charge in [0.1, 0.15) is 6.10 Å². The number of ether oxygens (including phenoxy) is 1. The van der Waals surface area contributed by atoms with Crippen LogP contribution in [0.3, 0.4) is 0 Å². The number of hydrogen-bond acceptors (Lipinski definition) is 5. The normalized spacial score (nSPS) is 16.5. The van der Waals surface area contributed by atoms with Crippen molar-refractivity contribution in [3.05, 3.63) is 71.7 Å². The van der Waals surface area contributed by atoms with Crippen molar-refractivity contribution in [3.63, 3.8) is 0 Å². The highest BCUT2D eigenvalue weighted by Gasteiger charge is 2.28. The van der Waals surface area contributed by atoms with Crippen LogP contribution in [-0.4, -0.2) is 52.9 Å². The number of para-hydroxylation sites is 1. The number of fused-ring (bicyclic) bond motifs is 1. The number of hydrogen-bond donors (Lipinski definition) is 1. The summed E-state index contributed by atoms with van der Waals surface area (Å²) in [6, 6.07) is 12.8. The van der Waals surface area contributed by atoms with Crippen LogP contribution in [0.15, 0.2) is 54.9 Å². The van der Waals surface area contributed by atoms with Crippen molar-refractivity contribution in [1.82, 2.24) is 20.2 Å². The van der Waals surface area contributed by atoms with E-state index in [0.29, 0.717) is 49.0 Å². The van der Waals surface area contributed by atoms with Crippen LogP contribution < -0.4 is 5.32 Å². The Kier molecular flexibility index (Phi) is 6.23. The van der Waals surface area contributed by atoms with Crippen LogP contribution in [0.25, 0.3) is 10.9 Å². The first-order chi connectivity index (χ1) is 15.0. The van der Waals surface area contributed by atoms with Crippen LogP contribution in [0, 0.1) is 5.92 Å². The molecule has 4 rings (SSSR count). The summed E-state index contributed by atoms with van der Waals surface area (Å²) in [4.78, 5) is 36.3. The van der Waals surface area contributed by atoms with E-state index in [1.165, 1.54) is 0 Å². The van der Waals surface area contributed by atoms with Crippen molar-refractivity contribution in [2.24, 2.45) is 5.92 Å². The second kappa shape index (κ2) is 9.22. The van der Waals surface area contributed by atoms with Gasteiger partial charge in [-0.2, -0.15) is 0 Å². The molecule has 2 aromatic heterocycles. The highest BCUT2D eigenvalue weighted by atomic mass is 16.5. The summed E-state index contributed by atoms with van der Waals surface area (Å²) in [7, 11) is 0. The number of carbonyl (C=O) groups excluding carboxylic acids is 2. The molecule has 0 aliphatic carbocycles. The van der Waals surface area contributed by atoms with E-state index in [-0.39, 0.29) is 11.8 Å². The van der Waals surface area contributed by atoms with E-state index in [2.05, 4.69) is 24.1 Å². The molecule has 31 heavy (non-hydrogen) atoms. The van der Waals surface area contributed by atoms with Gasteiger partial charge in [-0.15, -0.1) is 0 Å². The maximum Gasteiger partial charge on any atom is 0.254 e. The molecule has 160 valence electrons. The molecule has 1 aliphatic heterocycles. The van der Waals surface area contributed by atoms with E-state index in [0.717, 1.165) is 10.9 Å². The Hall–Kier alpha value is -3.32. The van der Waals surface area contributed by atoms with E-state index >= 15 is 0 Å². The van der Waals surface area contributed by atoms with Gasteiger partial charge in [0.25, 0.3) is 11.8 Å². The van der Waals surface area contributed by atoms with Crippen molar-refractivity contribution in [1.29, 1.82) is 0 Å². The Morgan fingerprint density at radius 1 is 1.19 bits per heavy atom. The van der Waals surface area contributed by atoms with Crippen LogP contribution >= 0.6 is 0 Å². The monoisotopic (exact) mass is 418 g/mol. The molecule has 0 radical (unpaired) electrons. The standard InChI is InChI=1S/C24H26N4O3/c1-16(2)14-26-23(29)19-13-21(27-20-6-4-3-5-18(19)20)22-15-28(11-12-31-22)24(30)17-7-9-25-10-8-17/h3-10,13,16,22H,11-12,14-15H2,1-2H3,(H,26,29)/t22-/m1/s1. The lowest BCUT2D eigenvalue weighted by molar-refractivity contribution is -0.0246. The van der Waals surface area contributed by atoms with Crippen molar-refractivity contribution < 1.29 is 14.3 Å². The molecular formula is C24H26N4O3. The van der Waals surface area contributed by atoms with E-state index in [4.69, 9.17) is 9.72 Å². The van der Waals surface area contributed by atoms with Crippen molar-refractivity contribution in [3.8, 4) is 0 Å². The number of nitrogens with one attached hydrogen (secondary N) is 1. The summed E-state index contributed by atoms with van der Waals surface area (Å²) in [5.74, 6) is 0.159. The Labute approximate surface area is 181 Å². The van der Waals surface area contributed by atoms with E-state index in [1.54, 1.807) is 35.5 Å². The van der Waals surface area contributed by atoms with Crippen LogP contribution in [0.1, 0.15) is 46.4 Å². The fourth-order valence-corrected chi connectivity index (χ4v) is 3.63. The number of amides is 2. The van der Waals surface area contributed by atoms with Gasteiger partial charge < -0.3 is 15.0 Å². The third-order valence-corrected chi connectivity index (χ3v) is 5.26. The van der Waals surface area contributed by atoms with Crippen molar-refractivity contribution in [2.75, 3.05) is 26.2 Å². The second-order valence-corrected chi connectivity index (χ2v) is 8.06. The maximum atomic E-state index is 12.9. The molecule has 1 aliphatic rings. The third kappa shape index (κ3) is 4.72. The molecule has 1 N–H and O–H groups in total. The molecule has 0 bridgehead atoms. The SMILES string of the molecule is CC(C)CNC(=O)c1cc([C@H]2CN(C(=O)c3ccncc3)CCO2)nc2ccccc12. The quantitative estimate of drug-likeness (QED) is 0.688. The molecule has 7 heteroatoms. The largest absolute Gasteiger partial charge is 0.368 e.